The monoisotopic (exact) mass is 212 g/mol. The number of piperazine rings is 1. The lowest BCUT2D eigenvalue weighted by Crippen LogP contribution is -2.58. The minimum atomic E-state index is -0.208. The molecule has 3 atom stereocenters. The molecule has 15 heavy (non-hydrogen) atoms. The zero-order valence-corrected chi connectivity index (χ0v) is 10.0. The van der Waals surface area contributed by atoms with E-state index in [9.17, 15) is 5.11 Å². The highest BCUT2D eigenvalue weighted by Gasteiger charge is 2.31. The Kier molecular flexibility index (Phi) is 3.65. The summed E-state index contributed by atoms with van der Waals surface area (Å²) in [4.78, 5) is 5.09. The molecular weight excluding hydrogens is 188 g/mol. The molecule has 0 radical (unpaired) electrons. The second-order valence-corrected chi connectivity index (χ2v) is 5.16. The fraction of sp³-hybridized carbons (Fsp3) is 1.00. The predicted octanol–water partition coefficient (Wildman–Crippen LogP) is 0.926. The van der Waals surface area contributed by atoms with E-state index in [2.05, 4.69) is 16.7 Å². The zero-order chi connectivity index (χ0) is 10.8. The molecule has 0 aromatic rings. The number of aliphatic hydroxyl groups is 1. The van der Waals surface area contributed by atoms with Crippen LogP contribution in [-0.2, 0) is 0 Å². The van der Waals surface area contributed by atoms with Gasteiger partial charge in [-0.3, -0.25) is 9.80 Å². The Morgan fingerprint density at radius 3 is 2.67 bits per heavy atom. The molecule has 3 heteroatoms. The lowest BCUT2D eigenvalue weighted by molar-refractivity contribution is -0.00342. The van der Waals surface area contributed by atoms with Gasteiger partial charge in [-0.05, 0) is 33.2 Å². The Bertz CT molecular complexity index is 208. The fourth-order valence-corrected chi connectivity index (χ4v) is 2.86. The van der Waals surface area contributed by atoms with Crippen molar-refractivity contribution in [1.29, 1.82) is 0 Å². The van der Waals surface area contributed by atoms with Gasteiger partial charge < -0.3 is 5.11 Å². The highest BCUT2D eigenvalue weighted by molar-refractivity contribution is 4.87. The van der Waals surface area contributed by atoms with Gasteiger partial charge in [0.1, 0.15) is 0 Å². The third kappa shape index (κ3) is 2.52. The van der Waals surface area contributed by atoms with Crippen LogP contribution in [0.4, 0.5) is 0 Å². The smallest absolute Gasteiger partial charge is 0.0664 e. The molecular formula is C12H24N2O. The number of piperidine rings is 1. The first kappa shape index (κ1) is 11.4. The molecule has 0 bridgehead atoms. The first-order chi connectivity index (χ1) is 7.18. The SMILES string of the molecule is CC(O)C(C)N1CCN2CCCCC2C1. The van der Waals surface area contributed by atoms with Gasteiger partial charge >= 0.3 is 0 Å². The van der Waals surface area contributed by atoms with Crippen LogP contribution in [0.2, 0.25) is 0 Å². The van der Waals surface area contributed by atoms with Crippen LogP contribution in [0.3, 0.4) is 0 Å². The number of aliphatic hydroxyl groups excluding tert-OH is 1. The lowest BCUT2D eigenvalue weighted by Gasteiger charge is -2.46. The summed E-state index contributed by atoms with van der Waals surface area (Å²) < 4.78 is 0. The van der Waals surface area contributed by atoms with E-state index in [0.717, 1.165) is 19.1 Å². The summed E-state index contributed by atoms with van der Waals surface area (Å²) in [6, 6.07) is 1.07. The minimum absolute atomic E-state index is 0.208. The third-order valence-electron chi connectivity index (χ3n) is 4.14. The standard InChI is InChI=1S/C12H24N2O/c1-10(11(2)15)14-8-7-13-6-4-3-5-12(13)9-14/h10-12,15H,3-9H2,1-2H3. The maximum absolute atomic E-state index is 9.61. The van der Waals surface area contributed by atoms with Gasteiger partial charge in [0.2, 0.25) is 0 Å². The quantitative estimate of drug-likeness (QED) is 0.737. The van der Waals surface area contributed by atoms with Crippen molar-refractivity contribution in [2.75, 3.05) is 26.2 Å². The van der Waals surface area contributed by atoms with Gasteiger partial charge in [0.05, 0.1) is 6.10 Å². The van der Waals surface area contributed by atoms with E-state index in [0.29, 0.717) is 6.04 Å². The average molecular weight is 212 g/mol. The van der Waals surface area contributed by atoms with E-state index in [4.69, 9.17) is 0 Å². The van der Waals surface area contributed by atoms with Gasteiger partial charge in [-0.2, -0.15) is 0 Å². The first-order valence-corrected chi connectivity index (χ1v) is 6.34. The van der Waals surface area contributed by atoms with Crippen LogP contribution in [0, 0.1) is 0 Å². The number of nitrogens with zero attached hydrogens (tertiary/aromatic N) is 2. The van der Waals surface area contributed by atoms with Crippen LogP contribution in [0.1, 0.15) is 33.1 Å². The lowest BCUT2D eigenvalue weighted by atomic mass is 9.98. The first-order valence-electron chi connectivity index (χ1n) is 6.34. The predicted molar refractivity (Wildman–Crippen MR) is 61.9 cm³/mol. The summed E-state index contributed by atoms with van der Waals surface area (Å²) in [5.74, 6) is 0. The average Bonchev–Trinajstić information content (AvgIpc) is 2.27. The van der Waals surface area contributed by atoms with Crippen LogP contribution >= 0.6 is 0 Å². The topological polar surface area (TPSA) is 26.7 Å². The van der Waals surface area contributed by atoms with Gasteiger partial charge in [0.15, 0.2) is 0 Å². The largest absolute Gasteiger partial charge is 0.392 e. The van der Waals surface area contributed by atoms with Gasteiger partial charge in [0.25, 0.3) is 0 Å². The van der Waals surface area contributed by atoms with Crippen molar-refractivity contribution in [1.82, 2.24) is 9.80 Å². The molecule has 0 aliphatic carbocycles. The van der Waals surface area contributed by atoms with Crippen molar-refractivity contribution < 1.29 is 5.11 Å². The number of hydrogen-bond donors (Lipinski definition) is 1. The summed E-state index contributed by atoms with van der Waals surface area (Å²) in [5.41, 5.74) is 0. The fourth-order valence-electron chi connectivity index (χ4n) is 2.86. The molecule has 2 aliphatic heterocycles. The van der Waals surface area contributed by atoms with E-state index in [1.807, 2.05) is 6.92 Å². The maximum Gasteiger partial charge on any atom is 0.0664 e. The van der Waals surface area contributed by atoms with Gasteiger partial charge in [-0.25, -0.2) is 0 Å². The molecule has 3 unspecified atom stereocenters. The van der Waals surface area contributed by atoms with Crippen molar-refractivity contribution in [3.05, 3.63) is 0 Å². The zero-order valence-electron chi connectivity index (χ0n) is 10.0. The maximum atomic E-state index is 9.61. The molecule has 0 saturated carbocycles. The van der Waals surface area contributed by atoms with Gasteiger partial charge in [-0.1, -0.05) is 6.42 Å². The van der Waals surface area contributed by atoms with Crippen LogP contribution in [0.25, 0.3) is 0 Å². The highest BCUT2D eigenvalue weighted by atomic mass is 16.3. The van der Waals surface area contributed by atoms with E-state index >= 15 is 0 Å². The Morgan fingerprint density at radius 1 is 1.13 bits per heavy atom. The molecule has 2 saturated heterocycles. The molecule has 1 N–H and O–H groups in total. The Morgan fingerprint density at radius 2 is 1.93 bits per heavy atom. The van der Waals surface area contributed by atoms with Crippen LogP contribution < -0.4 is 0 Å². The molecule has 2 rings (SSSR count). The number of rotatable bonds is 2. The molecule has 0 aromatic carbocycles. The molecule has 3 nitrogen and oxygen atoms in total. The van der Waals surface area contributed by atoms with E-state index < -0.39 is 0 Å². The number of fused-ring (bicyclic) bond motifs is 1. The molecule has 0 spiro atoms. The van der Waals surface area contributed by atoms with E-state index in [-0.39, 0.29) is 6.10 Å². The van der Waals surface area contributed by atoms with Crippen molar-refractivity contribution >= 4 is 0 Å². The van der Waals surface area contributed by atoms with Crippen molar-refractivity contribution in [2.24, 2.45) is 0 Å². The summed E-state index contributed by atoms with van der Waals surface area (Å²) in [7, 11) is 0. The molecule has 0 amide bonds. The van der Waals surface area contributed by atoms with E-state index in [1.54, 1.807) is 0 Å². The second-order valence-electron chi connectivity index (χ2n) is 5.16. The minimum Gasteiger partial charge on any atom is -0.392 e. The molecule has 88 valence electrons. The normalized spacial score (nSPS) is 33.4. The summed E-state index contributed by atoms with van der Waals surface area (Å²) in [6.45, 7) is 8.82. The highest BCUT2D eigenvalue weighted by Crippen LogP contribution is 2.22. The summed E-state index contributed by atoms with van der Waals surface area (Å²) >= 11 is 0. The second kappa shape index (κ2) is 4.81. The molecule has 0 aromatic heterocycles. The molecule has 2 aliphatic rings. The molecule has 2 heterocycles. The number of hydrogen-bond acceptors (Lipinski definition) is 3. The molecule has 2 fully saturated rings. The van der Waals surface area contributed by atoms with Gasteiger partial charge in [-0.15, -0.1) is 0 Å². The van der Waals surface area contributed by atoms with E-state index in [1.165, 1.54) is 32.4 Å². The Hall–Kier alpha value is -0.120. The van der Waals surface area contributed by atoms with Crippen molar-refractivity contribution in [3.8, 4) is 0 Å². The van der Waals surface area contributed by atoms with Crippen molar-refractivity contribution in [2.45, 2.75) is 51.3 Å². The summed E-state index contributed by atoms with van der Waals surface area (Å²) in [6.07, 6.45) is 3.91. The Balaban J connectivity index is 1.90. The van der Waals surface area contributed by atoms with Crippen LogP contribution in [0.15, 0.2) is 0 Å². The van der Waals surface area contributed by atoms with Crippen LogP contribution in [0.5, 0.6) is 0 Å². The Labute approximate surface area is 93.1 Å². The van der Waals surface area contributed by atoms with Crippen LogP contribution in [-0.4, -0.2) is 59.3 Å². The third-order valence-corrected chi connectivity index (χ3v) is 4.14. The summed E-state index contributed by atoms with van der Waals surface area (Å²) in [5, 5.41) is 9.61. The van der Waals surface area contributed by atoms with Gasteiger partial charge in [0, 0.05) is 31.7 Å². The van der Waals surface area contributed by atoms with Crippen molar-refractivity contribution in [3.63, 3.8) is 0 Å².